The van der Waals surface area contributed by atoms with Crippen LogP contribution in [0.2, 0.25) is 0 Å². The van der Waals surface area contributed by atoms with E-state index in [-0.39, 0.29) is 0 Å². The molecule has 0 N–H and O–H groups in total. The molecule has 7 heteroatoms. The van der Waals surface area contributed by atoms with Crippen molar-refractivity contribution in [3.05, 3.63) is 66.2 Å². The van der Waals surface area contributed by atoms with E-state index in [9.17, 15) is 0 Å². The third-order valence-electron chi connectivity index (χ3n) is 6.29. The van der Waals surface area contributed by atoms with E-state index in [1.807, 2.05) is 18.3 Å². The van der Waals surface area contributed by atoms with E-state index in [0.29, 0.717) is 6.04 Å². The highest BCUT2D eigenvalue weighted by atomic mass is 16.5. The van der Waals surface area contributed by atoms with Gasteiger partial charge in [0.15, 0.2) is 11.5 Å². The summed E-state index contributed by atoms with van der Waals surface area (Å²) >= 11 is 0. The SMILES string of the molecule is COc1ccc(CCN(C)C2CCCN(Cc3cccn3-c3ncccn3)C2)cc1OC. The van der Waals surface area contributed by atoms with Gasteiger partial charge in [0, 0.05) is 50.0 Å². The third-order valence-corrected chi connectivity index (χ3v) is 6.29. The molecule has 1 unspecified atom stereocenters. The van der Waals surface area contributed by atoms with Gasteiger partial charge in [-0.1, -0.05) is 6.07 Å². The highest BCUT2D eigenvalue weighted by Crippen LogP contribution is 2.28. The smallest absolute Gasteiger partial charge is 0.233 e. The van der Waals surface area contributed by atoms with Crippen LogP contribution in [0, 0.1) is 0 Å². The van der Waals surface area contributed by atoms with Crippen LogP contribution in [0.4, 0.5) is 0 Å². The summed E-state index contributed by atoms with van der Waals surface area (Å²) in [6, 6.07) is 12.8. The van der Waals surface area contributed by atoms with Crippen LogP contribution in [0.1, 0.15) is 24.1 Å². The molecule has 1 aliphatic heterocycles. The van der Waals surface area contributed by atoms with Crippen molar-refractivity contribution < 1.29 is 9.47 Å². The number of piperidine rings is 1. The molecule has 1 fully saturated rings. The molecule has 4 rings (SSSR count). The lowest BCUT2D eigenvalue weighted by molar-refractivity contribution is 0.111. The molecular weight excluding hydrogens is 402 g/mol. The Hall–Kier alpha value is -2.90. The Bertz CT molecular complexity index is 991. The molecule has 3 heterocycles. The average molecular weight is 436 g/mol. The molecule has 2 aromatic heterocycles. The number of likely N-dealkylation sites (N-methyl/N-ethyl adjacent to an activating group) is 1. The quantitative estimate of drug-likeness (QED) is 0.513. The molecule has 170 valence electrons. The van der Waals surface area contributed by atoms with Crippen LogP contribution in [0.3, 0.4) is 0 Å². The van der Waals surface area contributed by atoms with Crippen molar-refractivity contribution in [2.75, 3.05) is 40.9 Å². The summed E-state index contributed by atoms with van der Waals surface area (Å²) in [5.41, 5.74) is 2.49. The zero-order chi connectivity index (χ0) is 22.3. The lowest BCUT2D eigenvalue weighted by Crippen LogP contribution is -2.46. The first kappa shape index (κ1) is 22.3. The lowest BCUT2D eigenvalue weighted by Gasteiger charge is -2.37. The first-order chi connectivity index (χ1) is 15.7. The summed E-state index contributed by atoms with van der Waals surface area (Å²) < 4.78 is 12.9. The predicted molar refractivity (Wildman–Crippen MR) is 126 cm³/mol. The van der Waals surface area contributed by atoms with E-state index in [1.165, 1.54) is 24.1 Å². The summed E-state index contributed by atoms with van der Waals surface area (Å²) in [7, 11) is 5.60. The zero-order valence-electron chi connectivity index (χ0n) is 19.3. The standard InChI is InChI=1S/C25H33N5O2/c1-28(16-11-20-9-10-23(31-2)24(17-20)32-3)21-7-4-14-29(18-21)19-22-8-5-15-30(22)25-26-12-6-13-27-25/h5-6,8-10,12-13,15,17,21H,4,7,11,14,16,18-19H2,1-3H3. The van der Waals surface area contributed by atoms with E-state index >= 15 is 0 Å². The number of methoxy groups -OCH3 is 2. The first-order valence-electron chi connectivity index (χ1n) is 11.2. The molecule has 3 aromatic rings. The van der Waals surface area contributed by atoms with Gasteiger partial charge in [0.1, 0.15) is 0 Å². The normalized spacial score (nSPS) is 16.9. The fraction of sp³-hybridized carbons (Fsp3) is 0.440. The first-order valence-corrected chi connectivity index (χ1v) is 11.2. The van der Waals surface area contributed by atoms with E-state index < -0.39 is 0 Å². The Morgan fingerprint density at radius 1 is 1.06 bits per heavy atom. The van der Waals surface area contributed by atoms with Gasteiger partial charge in [-0.25, -0.2) is 9.97 Å². The zero-order valence-corrected chi connectivity index (χ0v) is 19.3. The van der Waals surface area contributed by atoms with Crippen LogP contribution in [0.5, 0.6) is 11.5 Å². The molecule has 1 atom stereocenters. The minimum atomic E-state index is 0.556. The number of nitrogens with zero attached hydrogens (tertiary/aromatic N) is 5. The molecule has 7 nitrogen and oxygen atoms in total. The van der Waals surface area contributed by atoms with E-state index in [4.69, 9.17) is 9.47 Å². The summed E-state index contributed by atoms with van der Waals surface area (Å²) in [5.74, 6) is 2.30. The summed E-state index contributed by atoms with van der Waals surface area (Å²) in [6.45, 7) is 4.12. The highest BCUT2D eigenvalue weighted by molar-refractivity contribution is 5.42. The second-order valence-electron chi connectivity index (χ2n) is 8.37. The molecule has 1 aromatic carbocycles. The largest absolute Gasteiger partial charge is 0.493 e. The van der Waals surface area contributed by atoms with Gasteiger partial charge in [0.2, 0.25) is 5.95 Å². The van der Waals surface area contributed by atoms with Crippen molar-refractivity contribution in [3.63, 3.8) is 0 Å². The molecule has 1 saturated heterocycles. The van der Waals surface area contributed by atoms with Gasteiger partial charge in [0.25, 0.3) is 0 Å². The van der Waals surface area contributed by atoms with Crippen molar-refractivity contribution in [1.82, 2.24) is 24.3 Å². The van der Waals surface area contributed by atoms with Gasteiger partial charge in [-0.15, -0.1) is 0 Å². The minimum absolute atomic E-state index is 0.556. The molecule has 1 aliphatic rings. The van der Waals surface area contributed by atoms with E-state index in [0.717, 1.165) is 50.0 Å². The molecule has 0 spiro atoms. The van der Waals surface area contributed by atoms with Gasteiger partial charge in [-0.2, -0.15) is 0 Å². The fourth-order valence-corrected chi connectivity index (χ4v) is 4.44. The number of hydrogen-bond acceptors (Lipinski definition) is 6. The topological polar surface area (TPSA) is 55.7 Å². The van der Waals surface area contributed by atoms with Crippen LogP contribution < -0.4 is 9.47 Å². The Balaban J connectivity index is 1.34. The molecule has 0 radical (unpaired) electrons. The third kappa shape index (κ3) is 5.29. The van der Waals surface area contributed by atoms with Crippen molar-refractivity contribution in [2.24, 2.45) is 0 Å². The second-order valence-corrected chi connectivity index (χ2v) is 8.37. The Morgan fingerprint density at radius 2 is 1.88 bits per heavy atom. The van der Waals surface area contributed by atoms with Crippen LogP contribution in [0.15, 0.2) is 55.0 Å². The number of aromatic nitrogens is 3. The van der Waals surface area contributed by atoms with Crippen molar-refractivity contribution in [2.45, 2.75) is 31.8 Å². The molecule has 0 bridgehead atoms. The maximum Gasteiger partial charge on any atom is 0.233 e. The number of likely N-dealkylation sites (tertiary alicyclic amines) is 1. The number of benzene rings is 1. The fourth-order valence-electron chi connectivity index (χ4n) is 4.44. The maximum absolute atomic E-state index is 5.45. The van der Waals surface area contributed by atoms with Crippen molar-refractivity contribution in [3.8, 4) is 17.4 Å². The summed E-state index contributed by atoms with van der Waals surface area (Å²) in [4.78, 5) is 13.9. The van der Waals surface area contributed by atoms with Crippen LogP contribution >= 0.6 is 0 Å². The summed E-state index contributed by atoms with van der Waals surface area (Å²) in [5, 5.41) is 0. The van der Waals surface area contributed by atoms with Crippen molar-refractivity contribution >= 4 is 0 Å². The van der Waals surface area contributed by atoms with Gasteiger partial charge in [-0.05, 0) is 68.8 Å². The molecule has 0 amide bonds. The molecule has 0 saturated carbocycles. The predicted octanol–water partition coefficient (Wildman–Crippen LogP) is 3.42. The van der Waals surface area contributed by atoms with Crippen molar-refractivity contribution in [1.29, 1.82) is 0 Å². The maximum atomic E-state index is 5.45. The van der Waals surface area contributed by atoms with Gasteiger partial charge < -0.3 is 14.4 Å². The summed E-state index contributed by atoms with van der Waals surface area (Å²) in [6.07, 6.45) is 9.06. The van der Waals surface area contributed by atoms with Gasteiger partial charge >= 0.3 is 0 Å². The second kappa shape index (κ2) is 10.6. The Morgan fingerprint density at radius 3 is 2.66 bits per heavy atom. The van der Waals surface area contributed by atoms with E-state index in [2.05, 4.69) is 55.6 Å². The number of ether oxygens (including phenoxy) is 2. The Labute approximate surface area is 190 Å². The van der Waals surface area contributed by atoms with Crippen LogP contribution in [-0.4, -0.2) is 71.3 Å². The Kier molecular flexibility index (Phi) is 7.39. The highest BCUT2D eigenvalue weighted by Gasteiger charge is 2.24. The van der Waals surface area contributed by atoms with Gasteiger partial charge in [-0.3, -0.25) is 9.47 Å². The number of rotatable bonds is 9. The van der Waals surface area contributed by atoms with Crippen LogP contribution in [0.25, 0.3) is 5.95 Å². The lowest BCUT2D eigenvalue weighted by atomic mass is 10.0. The molecular formula is C25H33N5O2. The monoisotopic (exact) mass is 435 g/mol. The minimum Gasteiger partial charge on any atom is -0.493 e. The average Bonchev–Trinajstić information content (AvgIpc) is 3.31. The number of hydrogen-bond donors (Lipinski definition) is 0. The molecule has 32 heavy (non-hydrogen) atoms. The van der Waals surface area contributed by atoms with Crippen LogP contribution in [-0.2, 0) is 13.0 Å². The van der Waals surface area contributed by atoms with Gasteiger partial charge in [0.05, 0.1) is 14.2 Å². The molecule has 0 aliphatic carbocycles. The van der Waals surface area contributed by atoms with E-state index in [1.54, 1.807) is 26.6 Å².